The van der Waals surface area contributed by atoms with Crippen molar-refractivity contribution < 1.29 is 17.7 Å². The Morgan fingerprint density at radius 1 is 0.974 bits per heavy atom. The van der Waals surface area contributed by atoms with Gasteiger partial charge in [0.15, 0.2) is 10.7 Å². The molecule has 5 rings (SSSR count). The normalized spacial score (nSPS) is 20.7. The van der Waals surface area contributed by atoms with E-state index >= 15 is 0 Å². The fourth-order valence-corrected chi connectivity index (χ4v) is 7.89. The summed E-state index contributed by atoms with van der Waals surface area (Å²) in [5, 5.41) is 4.00. The quantitative estimate of drug-likeness (QED) is 0.407. The van der Waals surface area contributed by atoms with Crippen LogP contribution >= 0.6 is 0 Å². The van der Waals surface area contributed by atoms with Crippen LogP contribution in [0.1, 0.15) is 64.5 Å². The second-order valence-corrected chi connectivity index (χ2v) is 12.9. The molecule has 1 aromatic heterocycles. The Balaban J connectivity index is 1.33. The van der Waals surface area contributed by atoms with Gasteiger partial charge in [0.25, 0.3) is 0 Å². The molecule has 0 spiro atoms. The zero-order chi connectivity index (χ0) is 27.7. The number of amides is 1. The number of piperidine rings is 1. The van der Waals surface area contributed by atoms with Gasteiger partial charge >= 0.3 is 0 Å². The summed E-state index contributed by atoms with van der Waals surface area (Å²) >= 11 is 0. The van der Waals surface area contributed by atoms with Crippen molar-refractivity contribution in [2.45, 2.75) is 57.8 Å². The molecule has 0 N–H and O–H groups in total. The van der Waals surface area contributed by atoms with Crippen LogP contribution in [0.5, 0.6) is 0 Å². The molecule has 2 aromatic carbocycles. The van der Waals surface area contributed by atoms with Gasteiger partial charge in [0, 0.05) is 32.1 Å². The van der Waals surface area contributed by atoms with Crippen LogP contribution in [0.25, 0.3) is 12.2 Å². The summed E-state index contributed by atoms with van der Waals surface area (Å²) in [4.78, 5) is 15.5. The lowest BCUT2D eigenvalue weighted by Gasteiger charge is -2.33. The molecule has 39 heavy (non-hydrogen) atoms. The second-order valence-electron chi connectivity index (χ2n) is 11.0. The smallest absolute Gasteiger partial charge is 0.248 e. The van der Waals surface area contributed by atoms with Crippen LogP contribution in [0.15, 0.2) is 51.9 Å². The first-order valence-corrected chi connectivity index (χ1v) is 15.1. The average molecular weight is 548 g/mol. The fourth-order valence-electron chi connectivity index (χ4n) is 6.12. The van der Waals surface area contributed by atoms with E-state index in [0.29, 0.717) is 44.1 Å². The molecule has 2 fully saturated rings. The monoisotopic (exact) mass is 547 g/mol. The minimum absolute atomic E-state index is 0.0563. The van der Waals surface area contributed by atoms with E-state index < -0.39 is 10.0 Å². The maximum absolute atomic E-state index is 13.9. The van der Waals surface area contributed by atoms with Gasteiger partial charge in [0.1, 0.15) is 5.69 Å². The molecule has 2 aliphatic heterocycles. The highest BCUT2D eigenvalue weighted by Gasteiger charge is 2.39. The molecule has 7 nitrogen and oxygen atoms in total. The van der Waals surface area contributed by atoms with Crippen molar-refractivity contribution in [1.29, 1.82) is 0 Å². The molecular weight excluding hydrogens is 510 g/mol. The van der Waals surface area contributed by atoms with E-state index in [1.165, 1.54) is 15.4 Å². The number of carbonyl (C=O) groups excluding carboxylic acids is 1. The summed E-state index contributed by atoms with van der Waals surface area (Å²) < 4.78 is 34.7. The van der Waals surface area contributed by atoms with Gasteiger partial charge in [-0.05, 0) is 75.3 Å². The molecule has 2 atom stereocenters. The predicted octanol–water partition coefficient (Wildman–Crippen LogP) is 5.50. The number of nitrogens with zero attached hydrogens (tertiary/aromatic N) is 3. The van der Waals surface area contributed by atoms with E-state index in [1.807, 2.05) is 43.0 Å². The van der Waals surface area contributed by atoms with Crippen LogP contribution in [0.3, 0.4) is 0 Å². The fraction of sp³-hybridized carbons (Fsp3) is 0.419. The highest BCUT2D eigenvalue weighted by atomic mass is 32.2. The van der Waals surface area contributed by atoms with Crippen LogP contribution < -0.4 is 0 Å². The van der Waals surface area contributed by atoms with Gasteiger partial charge in [-0.1, -0.05) is 59.3 Å². The Morgan fingerprint density at radius 3 is 2.41 bits per heavy atom. The topological polar surface area (TPSA) is 83.7 Å². The highest BCUT2D eigenvalue weighted by molar-refractivity contribution is 7.89. The van der Waals surface area contributed by atoms with E-state index in [2.05, 4.69) is 36.3 Å². The Labute approximate surface area is 231 Å². The van der Waals surface area contributed by atoms with Crippen molar-refractivity contribution in [3.63, 3.8) is 0 Å². The molecule has 3 aromatic rings. The summed E-state index contributed by atoms with van der Waals surface area (Å²) in [6.07, 6.45) is 5.85. The molecule has 0 aliphatic carbocycles. The number of aryl methyl sites for hydroxylation is 4. The summed E-state index contributed by atoms with van der Waals surface area (Å²) in [6, 6.07) is 14.5. The van der Waals surface area contributed by atoms with Crippen LogP contribution in [0.4, 0.5) is 0 Å². The largest absolute Gasteiger partial charge is 0.355 e. The van der Waals surface area contributed by atoms with E-state index in [-0.39, 0.29) is 29.0 Å². The van der Waals surface area contributed by atoms with E-state index in [9.17, 15) is 13.2 Å². The van der Waals surface area contributed by atoms with Crippen LogP contribution in [0.2, 0.25) is 0 Å². The Kier molecular flexibility index (Phi) is 7.78. The van der Waals surface area contributed by atoms with E-state index in [1.54, 1.807) is 13.0 Å². The number of aromatic nitrogens is 1. The Bertz CT molecular complexity index is 1470. The summed E-state index contributed by atoms with van der Waals surface area (Å²) in [5.41, 5.74) is 6.00. The summed E-state index contributed by atoms with van der Waals surface area (Å²) in [7, 11) is -3.90. The third-order valence-electron chi connectivity index (χ3n) is 8.07. The van der Waals surface area contributed by atoms with Gasteiger partial charge in [0.05, 0.1) is 5.92 Å². The third kappa shape index (κ3) is 5.58. The van der Waals surface area contributed by atoms with Crippen molar-refractivity contribution in [3.8, 4) is 0 Å². The SMILES string of the molecule is Cc1cc(C)c(/C=C/c2onc(C)c2S(=O)(=O)N2CCC[C@H](C(=O)N3CC[C@@H](c4ccccc4)C3)C2)c(C)c1. The minimum Gasteiger partial charge on any atom is -0.355 e. The molecule has 3 heterocycles. The van der Waals surface area contributed by atoms with Gasteiger partial charge < -0.3 is 9.42 Å². The lowest BCUT2D eigenvalue weighted by molar-refractivity contribution is -0.135. The Morgan fingerprint density at radius 2 is 1.69 bits per heavy atom. The minimum atomic E-state index is -3.90. The van der Waals surface area contributed by atoms with E-state index in [4.69, 9.17) is 4.52 Å². The van der Waals surface area contributed by atoms with Gasteiger partial charge in [-0.15, -0.1) is 0 Å². The number of hydrogen-bond donors (Lipinski definition) is 0. The number of benzene rings is 2. The summed E-state index contributed by atoms with van der Waals surface area (Å²) in [5.74, 6) is 0.250. The molecule has 8 heteroatoms. The van der Waals surface area contributed by atoms with Gasteiger partial charge in [-0.2, -0.15) is 4.31 Å². The standard InChI is InChI=1S/C31H37N3O4S/c1-21-17-22(2)28(23(3)18-21)12-13-29-30(24(4)32-38-29)39(36,37)34-15-8-11-27(20-34)31(35)33-16-14-26(19-33)25-9-6-5-7-10-25/h5-7,9-10,12-13,17-18,26-27H,8,11,14-16,19-20H2,1-4H3/b13-12+/t26-,27+/m1/s1. The maximum Gasteiger partial charge on any atom is 0.248 e. The summed E-state index contributed by atoms with van der Waals surface area (Å²) in [6.45, 7) is 9.73. The molecule has 0 radical (unpaired) electrons. The first kappa shape index (κ1) is 27.3. The predicted molar refractivity (Wildman–Crippen MR) is 153 cm³/mol. The zero-order valence-electron chi connectivity index (χ0n) is 23.2. The van der Waals surface area contributed by atoms with Crippen molar-refractivity contribution in [2.24, 2.45) is 5.92 Å². The molecule has 206 valence electrons. The second kappa shape index (κ2) is 11.1. The lowest BCUT2D eigenvalue weighted by Crippen LogP contribution is -2.46. The molecule has 2 aliphatic rings. The third-order valence-corrected chi connectivity index (χ3v) is 10.1. The Hall–Kier alpha value is -3.23. The number of hydrogen-bond acceptors (Lipinski definition) is 5. The molecule has 0 saturated carbocycles. The first-order chi connectivity index (χ1) is 18.6. The van der Waals surface area contributed by atoms with Crippen LogP contribution in [-0.4, -0.2) is 54.9 Å². The maximum atomic E-state index is 13.9. The highest BCUT2D eigenvalue weighted by Crippen LogP contribution is 2.33. The number of rotatable bonds is 6. The van der Waals surface area contributed by atoms with Crippen molar-refractivity contribution in [2.75, 3.05) is 26.2 Å². The van der Waals surface area contributed by atoms with Gasteiger partial charge in [-0.25, -0.2) is 8.42 Å². The van der Waals surface area contributed by atoms with Crippen LogP contribution in [-0.2, 0) is 14.8 Å². The molecule has 0 unspecified atom stereocenters. The van der Waals surface area contributed by atoms with Gasteiger partial charge in [0.2, 0.25) is 15.9 Å². The molecule has 0 bridgehead atoms. The van der Waals surface area contributed by atoms with E-state index in [0.717, 1.165) is 23.1 Å². The molecule has 1 amide bonds. The van der Waals surface area contributed by atoms with Crippen molar-refractivity contribution in [3.05, 3.63) is 81.7 Å². The number of likely N-dealkylation sites (tertiary alicyclic amines) is 1. The zero-order valence-corrected chi connectivity index (χ0v) is 24.0. The average Bonchev–Trinajstić information content (AvgIpc) is 3.56. The molecule has 2 saturated heterocycles. The van der Waals surface area contributed by atoms with Crippen LogP contribution in [0, 0.1) is 33.6 Å². The van der Waals surface area contributed by atoms with Crippen molar-refractivity contribution in [1.82, 2.24) is 14.4 Å². The van der Waals surface area contributed by atoms with Crippen molar-refractivity contribution >= 4 is 28.1 Å². The number of sulfonamides is 1. The molecular formula is C31H37N3O4S. The number of carbonyl (C=O) groups is 1. The lowest BCUT2D eigenvalue weighted by atomic mass is 9.97. The first-order valence-electron chi connectivity index (χ1n) is 13.7. The van der Waals surface area contributed by atoms with Gasteiger partial charge in [-0.3, -0.25) is 4.79 Å².